The van der Waals surface area contributed by atoms with Gasteiger partial charge in [-0.1, -0.05) is 26.8 Å². The molecule has 0 aromatic heterocycles. The van der Waals surface area contributed by atoms with Crippen LogP contribution in [0.1, 0.15) is 52.9 Å². The van der Waals surface area contributed by atoms with E-state index in [9.17, 15) is 4.79 Å². The van der Waals surface area contributed by atoms with Crippen molar-refractivity contribution >= 4 is 5.78 Å². The van der Waals surface area contributed by atoms with Crippen LogP contribution >= 0.6 is 0 Å². The van der Waals surface area contributed by atoms with Crippen LogP contribution in [0.5, 0.6) is 0 Å². The highest BCUT2D eigenvalue weighted by Crippen LogP contribution is 2.59. The summed E-state index contributed by atoms with van der Waals surface area (Å²) < 4.78 is 22.8. The number of carbonyl (C=O) groups excluding carboxylic acids is 1. The third kappa shape index (κ3) is 4.81. The Bertz CT molecular complexity index is 531. The van der Waals surface area contributed by atoms with Crippen LogP contribution in [-0.4, -0.2) is 44.8 Å². The van der Waals surface area contributed by atoms with E-state index in [4.69, 9.17) is 18.9 Å². The highest BCUT2D eigenvalue weighted by atomic mass is 16.7. The van der Waals surface area contributed by atoms with Crippen molar-refractivity contribution in [2.24, 2.45) is 29.6 Å². The molecule has 7 unspecified atom stereocenters. The largest absolute Gasteiger partial charge is 0.352 e. The number of rotatable bonds is 11. The molecular weight excluding hydrogens is 344 g/mol. The summed E-state index contributed by atoms with van der Waals surface area (Å²) in [5.74, 6) is 3.46. The molecule has 0 radical (unpaired) electrons. The van der Waals surface area contributed by atoms with E-state index < -0.39 is 6.29 Å². The van der Waals surface area contributed by atoms with Crippen molar-refractivity contribution < 1.29 is 23.7 Å². The molecule has 3 fully saturated rings. The summed E-state index contributed by atoms with van der Waals surface area (Å²) in [6.07, 6.45) is 6.09. The highest BCUT2D eigenvalue weighted by Gasteiger charge is 2.54. The number of methoxy groups -OCH3 is 1. The third-order valence-electron chi connectivity index (χ3n) is 6.64. The fourth-order valence-electron chi connectivity index (χ4n) is 5.52. The second kappa shape index (κ2) is 9.17. The van der Waals surface area contributed by atoms with Crippen LogP contribution < -0.4 is 0 Å². The first-order valence-corrected chi connectivity index (χ1v) is 10.5. The minimum atomic E-state index is -0.556. The number of ether oxygens (including phenoxy) is 4. The zero-order chi connectivity index (χ0) is 19.6. The van der Waals surface area contributed by atoms with E-state index in [-0.39, 0.29) is 31.2 Å². The monoisotopic (exact) mass is 380 g/mol. The van der Waals surface area contributed by atoms with Gasteiger partial charge in [0.1, 0.15) is 13.2 Å². The summed E-state index contributed by atoms with van der Waals surface area (Å²) in [5, 5.41) is 0. The van der Waals surface area contributed by atoms with Crippen LogP contribution in [0.3, 0.4) is 0 Å². The highest BCUT2D eigenvalue weighted by molar-refractivity contribution is 5.80. The van der Waals surface area contributed by atoms with Gasteiger partial charge in [-0.2, -0.15) is 0 Å². The van der Waals surface area contributed by atoms with Gasteiger partial charge in [0.25, 0.3) is 0 Å². The smallest absolute Gasteiger partial charge is 0.184 e. The lowest BCUT2D eigenvalue weighted by Crippen LogP contribution is -2.37. The number of hydrogen-bond donors (Lipinski definition) is 0. The van der Waals surface area contributed by atoms with Gasteiger partial charge in [-0.15, -0.1) is 0 Å². The van der Waals surface area contributed by atoms with Crippen molar-refractivity contribution in [2.45, 2.75) is 71.6 Å². The number of fused-ring (bicyclic) bond motifs is 5. The lowest BCUT2D eigenvalue weighted by Gasteiger charge is -2.35. The van der Waals surface area contributed by atoms with Gasteiger partial charge in [-0.3, -0.25) is 4.79 Å². The minimum absolute atomic E-state index is 0.00232. The van der Waals surface area contributed by atoms with Crippen LogP contribution in [0.15, 0.2) is 12.2 Å². The van der Waals surface area contributed by atoms with Gasteiger partial charge in [-0.25, -0.2) is 0 Å². The summed E-state index contributed by atoms with van der Waals surface area (Å²) in [5.41, 5.74) is 0.733. The van der Waals surface area contributed by atoms with Crippen molar-refractivity contribution in [3.8, 4) is 0 Å². The van der Waals surface area contributed by atoms with Crippen molar-refractivity contribution in [2.75, 3.05) is 20.3 Å². The number of Topliss-reactive ketones (excluding diaryl/α,β-unsaturated/α-hetero) is 1. The Hall–Kier alpha value is -0.750. The molecule has 0 aliphatic heterocycles. The van der Waals surface area contributed by atoms with Gasteiger partial charge in [0, 0.05) is 13.0 Å². The van der Waals surface area contributed by atoms with E-state index in [1.807, 2.05) is 6.92 Å². The minimum Gasteiger partial charge on any atom is -0.352 e. The van der Waals surface area contributed by atoms with E-state index >= 15 is 0 Å². The molecule has 2 bridgehead atoms. The van der Waals surface area contributed by atoms with Crippen LogP contribution in [-0.2, 0) is 23.7 Å². The molecule has 3 aliphatic carbocycles. The van der Waals surface area contributed by atoms with Gasteiger partial charge >= 0.3 is 0 Å². The Morgan fingerprint density at radius 2 is 1.78 bits per heavy atom. The molecule has 5 nitrogen and oxygen atoms in total. The predicted molar refractivity (Wildman–Crippen MR) is 103 cm³/mol. The van der Waals surface area contributed by atoms with Gasteiger partial charge in [0.05, 0.1) is 6.10 Å². The molecular formula is C22H36O5. The molecule has 0 saturated heterocycles. The van der Waals surface area contributed by atoms with E-state index in [2.05, 4.69) is 20.4 Å². The Morgan fingerprint density at radius 1 is 1.07 bits per heavy atom. The van der Waals surface area contributed by atoms with Gasteiger partial charge in [0.2, 0.25) is 0 Å². The van der Waals surface area contributed by atoms with E-state index in [1.165, 1.54) is 39.2 Å². The number of ketones is 1. The first-order chi connectivity index (χ1) is 12.9. The quantitative estimate of drug-likeness (QED) is 0.401. The van der Waals surface area contributed by atoms with Gasteiger partial charge in [-0.05, 0) is 61.9 Å². The predicted octanol–water partition coefficient (Wildman–Crippen LogP) is 3.96. The third-order valence-corrected chi connectivity index (χ3v) is 6.64. The van der Waals surface area contributed by atoms with Crippen LogP contribution in [0.25, 0.3) is 0 Å². The summed E-state index contributed by atoms with van der Waals surface area (Å²) in [6, 6.07) is 0. The molecule has 0 spiro atoms. The molecule has 27 heavy (non-hydrogen) atoms. The standard InChI is InChI=1S/C22H36O5/c1-13(2)21(24-5)25-11-16(23)12-26-22(14(3)4)27-20-10-15-9-19(20)18-8-6-7-17(15)18/h14-15,17-22H,1,6-12H2,2-5H3. The fourth-order valence-corrected chi connectivity index (χ4v) is 5.52. The first-order valence-electron chi connectivity index (χ1n) is 10.5. The first kappa shape index (κ1) is 21.0. The molecule has 0 N–H and O–H groups in total. The molecule has 7 atom stereocenters. The maximum Gasteiger partial charge on any atom is 0.184 e. The van der Waals surface area contributed by atoms with Gasteiger partial charge in [0.15, 0.2) is 18.4 Å². The van der Waals surface area contributed by atoms with E-state index in [0.717, 1.165) is 23.3 Å². The average molecular weight is 381 g/mol. The fraction of sp³-hybridized carbons (Fsp3) is 0.864. The van der Waals surface area contributed by atoms with Crippen molar-refractivity contribution in [3.05, 3.63) is 12.2 Å². The lowest BCUT2D eigenvalue weighted by molar-refractivity contribution is -0.207. The van der Waals surface area contributed by atoms with E-state index in [1.54, 1.807) is 0 Å². The summed E-state index contributed by atoms with van der Waals surface area (Å²) in [7, 11) is 1.53. The topological polar surface area (TPSA) is 54.0 Å². The number of carbonyl (C=O) groups is 1. The molecule has 0 aromatic rings. The van der Waals surface area contributed by atoms with Crippen molar-refractivity contribution in [1.82, 2.24) is 0 Å². The Labute approximate surface area is 163 Å². The molecule has 154 valence electrons. The lowest BCUT2D eigenvalue weighted by atomic mass is 9.80. The second-order valence-electron chi connectivity index (χ2n) is 9.02. The summed E-state index contributed by atoms with van der Waals surface area (Å²) in [4.78, 5) is 12.1. The van der Waals surface area contributed by atoms with Crippen LogP contribution in [0, 0.1) is 29.6 Å². The maximum absolute atomic E-state index is 12.1. The van der Waals surface area contributed by atoms with Gasteiger partial charge < -0.3 is 18.9 Å². The van der Waals surface area contributed by atoms with E-state index in [0.29, 0.717) is 12.0 Å². The van der Waals surface area contributed by atoms with Crippen molar-refractivity contribution in [1.29, 1.82) is 0 Å². The maximum atomic E-state index is 12.1. The van der Waals surface area contributed by atoms with Crippen LogP contribution in [0.4, 0.5) is 0 Å². The molecule has 3 saturated carbocycles. The normalized spacial score (nSPS) is 34.0. The SMILES string of the molecule is C=C(C)C(OC)OCC(=O)COC(OC1CC2CC1C1CCCC21)C(C)C. The average Bonchev–Trinajstić information content (AvgIpc) is 3.31. The molecule has 5 heteroatoms. The Balaban J connectivity index is 1.44. The zero-order valence-corrected chi connectivity index (χ0v) is 17.3. The molecule has 0 aromatic carbocycles. The van der Waals surface area contributed by atoms with Crippen LogP contribution in [0.2, 0.25) is 0 Å². The molecule has 0 amide bonds. The Kier molecular flexibility index (Phi) is 7.12. The summed E-state index contributed by atoms with van der Waals surface area (Å²) in [6.45, 7) is 9.72. The molecule has 3 rings (SSSR count). The summed E-state index contributed by atoms with van der Waals surface area (Å²) >= 11 is 0. The molecule has 0 heterocycles. The molecule has 3 aliphatic rings. The second-order valence-corrected chi connectivity index (χ2v) is 9.02. The zero-order valence-electron chi connectivity index (χ0n) is 17.3. The Morgan fingerprint density at radius 3 is 2.44 bits per heavy atom. The van der Waals surface area contributed by atoms with Crippen molar-refractivity contribution in [3.63, 3.8) is 0 Å². The number of hydrogen-bond acceptors (Lipinski definition) is 5.